The summed E-state index contributed by atoms with van der Waals surface area (Å²) in [6.07, 6.45) is 0. The number of oxime groups is 1. The van der Waals surface area contributed by atoms with E-state index >= 15 is 0 Å². The Kier molecular flexibility index (Phi) is 7.61. The van der Waals surface area contributed by atoms with Gasteiger partial charge in [-0.15, -0.1) is 0 Å². The molecule has 6 nitrogen and oxygen atoms in total. The normalized spacial score (nSPS) is 12.7. The number of hydrogen-bond donors (Lipinski definition) is 0. The third-order valence-corrected chi connectivity index (χ3v) is 3.83. The minimum atomic E-state index is -3.64. The third kappa shape index (κ3) is 6.40. The summed E-state index contributed by atoms with van der Waals surface area (Å²) in [6, 6.07) is 9.56. The van der Waals surface area contributed by atoms with Gasteiger partial charge in [-0.3, -0.25) is 13.7 Å². The summed E-state index contributed by atoms with van der Waals surface area (Å²) >= 11 is 0. The molecule has 0 aliphatic carbocycles. The van der Waals surface area contributed by atoms with Gasteiger partial charge in [0.25, 0.3) is 0 Å². The fourth-order valence-corrected chi connectivity index (χ4v) is 2.60. The highest BCUT2D eigenvalue weighted by Crippen LogP contribution is 2.49. The molecule has 0 aliphatic rings. The average Bonchev–Trinajstić information content (AvgIpc) is 2.44. The van der Waals surface area contributed by atoms with Crippen LogP contribution in [0.4, 0.5) is 0 Å². The number of phosphoric acid groups is 1. The molecule has 7 heteroatoms. The van der Waals surface area contributed by atoms with Crippen molar-refractivity contribution < 1.29 is 18.2 Å². The Morgan fingerprint density at radius 3 is 2.19 bits per heavy atom. The summed E-state index contributed by atoms with van der Waals surface area (Å²) in [4.78, 5) is 1.95. The zero-order valence-electron chi connectivity index (χ0n) is 13.0. The Balaban J connectivity index is 2.95. The minimum Gasteiger partial charge on any atom is -0.303 e. The highest BCUT2D eigenvalue weighted by molar-refractivity contribution is 7.48. The van der Waals surface area contributed by atoms with Crippen LogP contribution in [0.3, 0.4) is 0 Å². The Bertz CT molecular complexity index is 481. The summed E-state index contributed by atoms with van der Waals surface area (Å²) in [7, 11) is 0.196. The lowest BCUT2D eigenvalue weighted by atomic mass is 10.1. The van der Waals surface area contributed by atoms with Gasteiger partial charge in [-0.05, 0) is 27.9 Å². The molecular formula is C14H23N2O4P. The standard InChI is InChI=1S/C14H23N2O4P/c1-5-18-21(17,19-6-2)20-15-14(12-16(3)4)13-10-8-7-9-11-13/h7-11H,5-6,12H2,1-4H3. The molecule has 21 heavy (non-hydrogen) atoms. The van der Waals surface area contributed by atoms with Crippen molar-refractivity contribution in [1.29, 1.82) is 0 Å². The van der Waals surface area contributed by atoms with E-state index in [0.29, 0.717) is 12.3 Å². The van der Waals surface area contributed by atoms with Gasteiger partial charge in [0.15, 0.2) is 0 Å². The number of nitrogens with zero attached hydrogens (tertiary/aromatic N) is 2. The molecule has 0 amide bonds. The van der Waals surface area contributed by atoms with Crippen LogP contribution in [0.2, 0.25) is 0 Å². The van der Waals surface area contributed by atoms with E-state index in [1.165, 1.54) is 0 Å². The van der Waals surface area contributed by atoms with Gasteiger partial charge in [-0.2, -0.15) is 0 Å². The van der Waals surface area contributed by atoms with Gasteiger partial charge in [-0.25, -0.2) is 4.57 Å². The SMILES string of the molecule is CCOP(=O)(OCC)ON=C(CN(C)C)c1ccccc1. The zero-order valence-corrected chi connectivity index (χ0v) is 13.9. The molecule has 1 rings (SSSR count). The average molecular weight is 314 g/mol. The maximum atomic E-state index is 12.2. The van der Waals surface area contributed by atoms with Crippen molar-refractivity contribution in [1.82, 2.24) is 4.90 Å². The molecule has 0 radical (unpaired) electrons. The van der Waals surface area contributed by atoms with Crippen molar-refractivity contribution >= 4 is 13.5 Å². The van der Waals surface area contributed by atoms with Crippen molar-refractivity contribution in [2.45, 2.75) is 13.8 Å². The molecule has 0 atom stereocenters. The van der Waals surface area contributed by atoms with Gasteiger partial charge in [0, 0.05) is 12.1 Å². The van der Waals surface area contributed by atoms with E-state index in [4.69, 9.17) is 13.7 Å². The van der Waals surface area contributed by atoms with Crippen LogP contribution in [0, 0.1) is 0 Å². The first kappa shape index (κ1) is 17.9. The summed E-state index contributed by atoms with van der Waals surface area (Å²) in [6.45, 7) is 4.43. The fourth-order valence-electron chi connectivity index (χ4n) is 1.60. The van der Waals surface area contributed by atoms with Crippen LogP contribution in [0.5, 0.6) is 0 Å². The number of likely N-dealkylation sites (N-methyl/N-ethyl adjacent to an activating group) is 1. The van der Waals surface area contributed by atoms with Crippen LogP contribution in [0.15, 0.2) is 35.5 Å². The second-order valence-corrected chi connectivity index (χ2v) is 6.08. The van der Waals surface area contributed by atoms with Crippen LogP contribution in [-0.2, 0) is 18.2 Å². The third-order valence-electron chi connectivity index (χ3n) is 2.40. The molecule has 0 unspecified atom stereocenters. The monoisotopic (exact) mass is 314 g/mol. The van der Waals surface area contributed by atoms with Gasteiger partial charge < -0.3 is 4.90 Å². The number of hydrogen-bond acceptors (Lipinski definition) is 6. The van der Waals surface area contributed by atoms with Crippen LogP contribution < -0.4 is 0 Å². The van der Waals surface area contributed by atoms with Crippen molar-refractivity contribution in [2.75, 3.05) is 33.9 Å². The molecule has 0 fully saturated rings. The lowest BCUT2D eigenvalue weighted by Crippen LogP contribution is -2.22. The van der Waals surface area contributed by atoms with Gasteiger partial charge in [0.05, 0.1) is 13.2 Å². The molecular weight excluding hydrogens is 291 g/mol. The maximum absolute atomic E-state index is 12.2. The quantitative estimate of drug-likeness (QED) is 0.398. The van der Waals surface area contributed by atoms with Gasteiger partial charge >= 0.3 is 7.82 Å². The molecule has 1 aromatic carbocycles. The van der Waals surface area contributed by atoms with E-state index in [1.807, 2.05) is 49.3 Å². The van der Waals surface area contributed by atoms with E-state index in [0.717, 1.165) is 5.56 Å². The highest BCUT2D eigenvalue weighted by Gasteiger charge is 2.27. The Labute approximate surface area is 126 Å². The van der Waals surface area contributed by atoms with Crippen molar-refractivity contribution in [3.05, 3.63) is 35.9 Å². The largest absolute Gasteiger partial charge is 0.550 e. The molecule has 118 valence electrons. The molecule has 0 heterocycles. The van der Waals surface area contributed by atoms with Gasteiger partial charge in [0.2, 0.25) is 0 Å². The van der Waals surface area contributed by atoms with Crippen molar-refractivity contribution in [2.24, 2.45) is 5.16 Å². The zero-order chi connectivity index (χ0) is 15.7. The predicted octanol–water partition coefficient (Wildman–Crippen LogP) is 3.15. The lowest BCUT2D eigenvalue weighted by molar-refractivity contribution is 0.124. The first-order valence-electron chi connectivity index (χ1n) is 6.85. The maximum Gasteiger partial charge on any atom is 0.550 e. The van der Waals surface area contributed by atoms with E-state index in [2.05, 4.69) is 5.16 Å². The van der Waals surface area contributed by atoms with Crippen LogP contribution in [0.1, 0.15) is 19.4 Å². The summed E-state index contributed by atoms with van der Waals surface area (Å²) < 4.78 is 27.5. The molecule has 0 spiro atoms. The topological polar surface area (TPSA) is 60.4 Å². The van der Waals surface area contributed by atoms with Crippen molar-refractivity contribution in [3.63, 3.8) is 0 Å². The number of phosphoric ester groups is 1. The van der Waals surface area contributed by atoms with Crippen LogP contribution >= 0.6 is 7.82 Å². The fraction of sp³-hybridized carbons (Fsp3) is 0.500. The first-order valence-corrected chi connectivity index (χ1v) is 8.31. The summed E-state index contributed by atoms with van der Waals surface area (Å²) in [5.41, 5.74) is 1.55. The summed E-state index contributed by atoms with van der Waals surface area (Å²) in [5.74, 6) is 0. The Hall–Kier alpha value is -1.20. The van der Waals surface area contributed by atoms with Crippen LogP contribution in [0.25, 0.3) is 0 Å². The first-order chi connectivity index (χ1) is 10.0. The number of rotatable bonds is 9. The smallest absolute Gasteiger partial charge is 0.303 e. The second kappa shape index (κ2) is 8.95. The van der Waals surface area contributed by atoms with E-state index in [9.17, 15) is 4.57 Å². The van der Waals surface area contributed by atoms with E-state index in [1.54, 1.807) is 13.8 Å². The van der Waals surface area contributed by atoms with E-state index < -0.39 is 7.82 Å². The molecule has 0 N–H and O–H groups in total. The Morgan fingerprint density at radius 1 is 1.14 bits per heavy atom. The van der Waals surface area contributed by atoms with Crippen molar-refractivity contribution in [3.8, 4) is 0 Å². The predicted molar refractivity (Wildman–Crippen MR) is 83.5 cm³/mol. The molecule has 0 aliphatic heterocycles. The second-order valence-electron chi connectivity index (χ2n) is 4.51. The lowest BCUT2D eigenvalue weighted by Gasteiger charge is -2.16. The van der Waals surface area contributed by atoms with Crippen LogP contribution in [-0.4, -0.2) is 44.5 Å². The highest BCUT2D eigenvalue weighted by atomic mass is 31.2. The minimum absolute atomic E-state index is 0.223. The summed E-state index contributed by atoms with van der Waals surface area (Å²) in [5, 5.41) is 4.01. The molecule has 1 aromatic rings. The van der Waals surface area contributed by atoms with E-state index in [-0.39, 0.29) is 13.2 Å². The molecule has 0 saturated heterocycles. The number of benzene rings is 1. The molecule has 0 aromatic heterocycles. The van der Waals surface area contributed by atoms with Gasteiger partial charge in [-0.1, -0.05) is 35.5 Å². The molecule has 0 saturated carbocycles. The Morgan fingerprint density at radius 2 is 1.71 bits per heavy atom. The van der Waals surface area contributed by atoms with Gasteiger partial charge in [0.1, 0.15) is 5.71 Å². The molecule has 0 bridgehead atoms.